The van der Waals surface area contributed by atoms with Crippen LogP contribution in [-0.4, -0.2) is 0 Å². The van der Waals surface area contributed by atoms with Gasteiger partial charge in [-0.3, -0.25) is 0 Å². The number of hydrogen-bond acceptors (Lipinski definition) is 0. The molecule has 0 spiro atoms. The zero-order valence-electron chi connectivity index (χ0n) is 13.5. The number of rotatable bonds is 0. The van der Waals surface area contributed by atoms with E-state index in [2.05, 4.69) is 62.4 Å². The lowest BCUT2D eigenvalue weighted by atomic mass is 9.81. The monoisotopic (exact) mass is 294 g/mol. The zero-order chi connectivity index (χ0) is 15.3. The van der Waals surface area contributed by atoms with Crippen molar-refractivity contribution in [3.05, 3.63) is 81.9 Å². The standard InChI is InChI=1S/C23H18/c1-23(2)17-8-4-7-15-11-13-5-3-6-14-12-16-9-10-18(23)22(20(15)17)21(16)19(13)14/h3-10H,11-12H2,1-2H3. The van der Waals surface area contributed by atoms with E-state index < -0.39 is 0 Å². The highest BCUT2D eigenvalue weighted by Gasteiger charge is 2.41. The van der Waals surface area contributed by atoms with Crippen LogP contribution in [0.25, 0.3) is 22.3 Å². The van der Waals surface area contributed by atoms with Crippen molar-refractivity contribution >= 4 is 0 Å². The fourth-order valence-electron chi connectivity index (χ4n) is 5.25. The van der Waals surface area contributed by atoms with Crippen LogP contribution in [0.5, 0.6) is 0 Å². The highest BCUT2D eigenvalue weighted by atomic mass is 14.4. The zero-order valence-corrected chi connectivity index (χ0v) is 13.5. The molecule has 0 bridgehead atoms. The fraction of sp³-hybridized carbons (Fsp3) is 0.217. The van der Waals surface area contributed by atoms with Gasteiger partial charge in [0.25, 0.3) is 0 Å². The summed E-state index contributed by atoms with van der Waals surface area (Å²) in [7, 11) is 0. The molecule has 0 aromatic heterocycles. The van der Waals surface area contributed by atoms with Gasteiger partial charge in [-0.05, 0) is 68.5 Å². The minimum absolute atomic E-state index is 0.116. The lowest BCUT2D eigenvalue weighted by Gasteiger charge is -2.22. The Balaban J connectivity index is 1.91. The summed E-state index contributed by atoms with van der Waals surface area (Å²) < 4.78 is 0. The van der Waals surface area contributed by atoms with E-state index in [0.717, 1.165) is 12.8 Å². The lowest BCUT2D eigenvalue weighted by molar-refractivity contribution is 0.660. The first-order valence-corrected chi connectivity index (χ1v) is 8.56. The molecule has 3 aromatic carbocycles. The van der Waals surface area contributed by atoms with Crippen molar-refractivity contribution in [2.75, 3.05) is 0 Å². The fourth-order valence-corrected chi connectivity index (χ4v) is 5.25. The summed E-state index contributed by atoms with van der Waals surface area (Å²) in [6, 6.07) is 18.6. The Bertz CT molecular complexity index is 1030. The second-order valence-corrected chi connectivity index (χ2v) is 7.79. The number of hydrogen-bond donors (Lipinski definition) is 0. The maximum absolute atomic E-state index is 2.40. The first kappa shape index (κ1) is 12.1. The van der Waals surface area contributed by atoms with Crippen LogP contribution in [0.15, 0.2) is 48.5 Å². The molecule has 0 atom stereocenters. The number of benzene rings is 3. The summed E-state index contributed by atoms with van der Waals surface area (Å²) in [5, 5.41) is 0. The normalized spacial score (nSPS) is 17.1. The van der Waals surface area contributed by atoms with Gasteiger partial charge in [-0.2, -0.15) is 0 Å². The topological polar surface area (TPSA) is 0 Å². The molecule has 3 aliphatic rings. The molecule has 0 fully saturated rings. The van der Waals surface area contributed by atoms with E-state index in [9.17, 15) is 0 Å². The van der Waals surface area contributed by atoms with Crippen LogP contribution in [0.3, 0.4) is 0 Å². The van der Waals surface area contributed by atoms with Crippen LogP contribution in [-0.2, 0) is 18.3 Å². The first-order chi connectivity index (χ1) is 11.2. The summed E-state index contributed by atoms with van der Waals surface area (Å²) in [5.74, 6) is 0. The third-order valence-electron chi connectivity index (χ3n) is 6.29. The second kappa shape index (κ2) is 3.59. The van der Waals surface area contributed by atoms with Gasteiger partial charge in [0.2, 0.25) is 0 Å². The van der Waals surface area contributed by atoms with Crippen LogP contribution in [0.1, 0.15) is 47.2 Å². The predicted octanol–water partition coefficient (Wildman–Crippen LogP) is 5.47. The average Bonchev–Trinajstić information content (AvgIpc) is 2.96. The molecule has 0 saturated heterocycles. The van der Waals surface area contributed by atoms with Crippen LogP contribution < -0.4 is 0 Å². The molecule has 0 N–H and O–H groups in total. The van der Waals surface area contributed by atoms with Gasteiger partial charge in [-0.1, -0.05) is 62.4 Å². The van der Waals surface area contributed by atoms with E-state index in [0.29, 0.717) is 0 Å². The van der Waals surface area contributed by atoms with E-state index in [1.807, 2.05) is 0 Å². The SMILES string of the molecule is CC1(C)c2cccc3c2-c2c1ccc1c2-c2c(cccc2C1)C3. The Morgan fingerprint density at radius 3 is 1.87 bits per heavy atom. The van der Waals surface area contributed by atoms with E-state index in [4.69, 9.17) is 0 Å². The molecular formula is C23H18. The van der Waals surface area contributed by atoms with Crippen molar-refractivity contribution in [2.24, 2.45) is 0 Å². The summed E-state index contributed by atoms with van der Waals surface area (Å²) in [5.41, 5.74) is 15.4. The van der Waals surface area contributed by atoms with Gasteiger partial charge in [0.1, 0.15) is 0 Å². The molecule has 23 heavy (non-hydrogen) atoms. The predicted molar refractivity (Wildman–Crippen MR) is 95.1 cm³/mol. The molecule has 6 rings (SSSR count). The van der Waals surface area contributed by atoms with E-state index >= 15 is 0 Å². The Morgan fingerprint density at radius 1 is 0.565 bits per heavy atom. The van der Waals surface area contributed by atoms with Crippen molar-refractivity contribution in [3.8, 4) is 22.3 Å². The molecule has 0 heteroatoms. The molecule has 0 aliphatic heterocycles. The molecule has 3 aromatic rings. The third kappa shape index (κ3) is 1.23. The van der Waals surface area contributed by atoms with Crippen LogP contribution >= 0.6 is 0 Å². The Morgan fingerprint density at radius 2 is 1.13 bits per heavy atom. The summed E-state index contributed by atoms with van der Waals surface area (Å²) >= 11 is 0. The van der Waals surface area contributed by atoms with E-state index in [1.54, 1.807) is 16.7 Å². The molecule has 0 radical (unpaired) electrons. The average molecular weight is 294 g/mol. The maximum atomic E-state index is 2.40. The summed E-state index contributed by atoms with van der Waals surface area (Å²) in [4.78, 5) is 0. The van der Waals surface area contributed by atoms with Crippen molar-refractivity contribution in [3.63, 3.8) is 0 Å². The molecular weight excluding hydrogens is 276 g/mol. The maximum Gasteiger partial charge on any atom is 0.0159 e. The molecule has 0 unspecified atom stereocenters. The van der Waals surface area contributed by atoms with Gasteiger partial charge in [0, 0.05) is 5.41 Å². The largest absolute Gasteiger partial charge is 0.0617 e. The van der Waals surface area contributed by atoms with Gasteiger partial charge >= 0.3 is 0 Å². The smallest absolute Gasteiger partial charge is 0.0159 e. The van der Waals surface area contributed by atoms with Gasteiger partial charge in [0.15, 0.2) is 0 Å². The Kier molecular flexibility index (Phi) is 1.89. The van der Waals surface area contributed by atoms with Gasteiger partial charge in [-0.15, -0.1) is 0 Å². The highest BCUT2D eigenvalue weighted by Crippen LogP contribution is 2.58. The van der Waals surface area contributed by atoms with Gasteiger partial charge in [-0.25, -0.2) is 0 Å². The van der Waals surface area contributed by atoms with Crippen molar-refractivity contribution in [2.45, 2.75) is 32.1 Å². The summed E-state index contributed by atoms with van der Waals surface area (Å²) in [6.07, 6.45) is 2.17. The minimum Gasteiger partial charge on any atom is -0.0617 e. The van der Waals surface area contributed by atoms with Gasteiger partial charge in [0.05, 0.1) is 0 Å². The molecule has 0 heterocycles. The molecule has 0 amide bonds. The summed E-state index contributed by atoms with van der Waals surface area (Å²) in [6.45, 7) is 4.77. The lowest BCUT2D eigenvalue weighted by Crippen LogP contribution is -2.15. The van der Waals surface area contributed by atoms with Crippen molar-refractivity contribution in [1.29, 1.82) is 0 Å². The van der Waals surface area contributed by atoms with E-state index in [1.165, 1.54) is 38.9 Å². The second-order valence-electron chi connectivity index (χ2n) is 7.79. The molecule has 3 aliphatic carbocycles. The van der Waals surface area contributed by atoms with Crippen molar-refractivity contribution in [1.82, 2.24) is 0 Å². The minimum atomic E-state index is 0.116. The quantitative estimate of drug-likeness (QED) is 0.355. The Labute approximate surface area is 136 Å². The van der Waals surface area contributed by atoms with Crippen molar-refractivity contribution < 1.29 is 0 Å². The highest BCUT2D eigenvalue weighted by molar-refractivity contribution is 6.00. The molecule has 0 nitrogen and oxygen atoms in total. The first-order valence-electron chi connectivity index (χ1n) is 8.56. The third-order valence-corrected chi connectivity index (χ3v) is 6.29. The Hall–Kier alpha value is -2.34. The van der Waals surface area contributed by atoms with Crippen LogP contribution in [0.4, 0.5) is 0 Å². The van der Waals surface area contributed by atoms with Gasteiger partial charge < -0.3 is 0 Å². The van der Waals surface area contributed by atoms with E-state index in [-0.39, 0.29) is 5.41 Å². The van der Waals surface area contributed by atoms with Crippen LogP contribution in [0, 0.1) is 0 Å². The molecule has 0 saturated carbocycles. The molecule has 110 valence electrons. The van der Waals surface area contributed by atoms with Crippen LogP contribution in [0.2, 0.25) is 0 Å².